The van der Waals surface area contributed by atoms with Crippen LogP contribution in [0.2, 0.25) is 0 Å². The number of nitro groups is 1. The lowest BCUT2D eigenvalue weighted by Gasteiger charge is -2.06. The number of halogens is 1. The molecule has 0 saturated heterocycles. The summed E-state index contributed by atoms with van der Waals surface area (Å²) in [5.41, 5.74) is 0.0219. The van der Waals surface area contributed by atoms with Crippen molar-refractivity contribution in [1.29, 1.82) is 0 Å². The van der Waals surface area contributed by atoms with Gasteiger partial charge in [0.2, 0.25) is 0 Å². The van der Waals surface area contributed by atoms with Crippen molar-refractivity contribution in [2.24, 2.45) is 0 Å². The summed E-state index contributed by atoms with van der Waals surface area (Å²) in [6, 6.07) is 8.92. The topological polar surface area (TPSA) is 92.5 Å². The maximum absolute atomic E-state index is 13.2. The minimum Gasteiger partial charge on any atom is -0.508 e. The molecule has 0 unspecified atom stereocenters. The van der Waals surface area contributed by atoms with Crippen LogP contribution in [0.3, 0.4) is 0 Å². The zero-order valence-electron chi connectivity index (χ0n) is 10.7. The molecule has 2 N–H and O–H groups in total. The summed E-state index contributed by atoms with van der Waals surface area (Å²) in [5, 5.41) is 22.4. The third kappa shape index (κ3) is 3.75. The minimum absolute atomic E-state index is 0.0585. The number of carbonyl (C=O) groups is 1. The van der Waals surface area contributed by atoms with Crippen LogP contribution in [0.4, 0.5) is 10.1 Å². The second kappa shape index (κ2) is 6.00. The molecule has 108 valence electrons. The minimum atomic E-state index is -0.855. The van der Waals surface area contributed by atoms with Crippen molar-refractivity contribution >= 4 is 11.6 Å². The Morgan fingerprint density at radius 3 is 2.71 bits per heavy atom. The number of rotatable bonds is 4. The molecule has 0 atom stereocenters. The van der Waals surface area contributed by atoms with Crippen LogP contribution in [0, 0.1) is 15.9 Å². The van der Waals surface area contributed by atoms with Crippen molar-refractivity contribution in [3.8, 4) is 5.75 Å². The summed E-state index contributed by atoms with van der Waals surface area (Å²) in [7, 11) is 0. The summed E-state index contributed by atoms with van der Waals surface area (Å²) in [5.74, 6) is -1.43. The third-order valence-corrected chi connectivity index (χ3v) is 2.72. The van der Waals surface area contributed by atoms with Gasteiger partial charge < -0.3 is 10.4 Å². The number of phenolic OH excluding ortho intramolecular Hbond substituents is 1. The van der Waals surface area contributed by atoms with Crippen LogP contribution in [0.1, 0.15) is 15.9 Å². The van der Waals surface area contributed by atoms with Gasteiger partial charge in [0, 0.05) is 18.2 Å². The fourth-order valence-electron chi connectivity index (χ4n) is 1.76. The molecule has 0 radical (unpaired) electrons. The fraction of sp³-hybridized carbons (Fsp3) is 0.0714. The first kappa shape index (κ1) is 14.4. The summed E-state index contributed by atoms with van der Waals surface area (Å²) < 4.78 is 13.2. The van der Waals surface area contributed by atoms with Crippen molar-refractivity contribution < 1.29 is 19.2 Å². The van der Waals surface area contributed by atoms with Gasteiger partial charge in [-0.15, -0.1) is 0 Å². The number of hydrogen-bond donors (Lipinski definition) is 2. The molecule has 0 aromatic heterocycles. The van der Waals surface area contributed by atoms with Crippen molar-refractivity contribution in [3.05, 3.63) is 69.5 Å². The summed E-state index contributed by atoms with van der Waals surface area (Å²) in [4.78, 5) is 21.7. The van der Waals surface area contributed by atoms with E-state index in [1.165, 1.54) is 12.1 Å². The number of phenols is 1. The number of nitrogens with zero attached hydrogens (tertiary/aromatic N) is 1. The number of non-ortho nitro benzene ring substituents is 1. The quantitative estimate of drug-likeness (QED) is 0.668. The van der Waals surface area contributed by atoms with E-state index in [-0.39, 0.29) is 17.9 Å². The molecule has 2 rings (SSSR count). The molecule has 0 saturated carbocycles. The summed E-state index contributed by atoms with van der Waals surface area (Å²) in [6.07, 6.45) is 0. The molecule has 0 spiro atoms. The van der Waals surface area contributed by atoms with Gasteiger partial charge in [0.25, 0.3) is 11.6 Å². The SMILES string of the molecule is O=C(NCc1cccc(O)c1)c1cc(F)cc([N+](=O)[O-])c1. The molecular formula is C14H11FN2O4. The monoisotopic (exact) mass is 290 g/mol. The molecule has 0 heterocycles. The Balaban J connectivity index is 2.12. The van der Waals surface area contributed by atoms with Gasteiger partial charge in [-0.25, -0.2) is 4.39 Å². The first-order chi connectivity index (χ1) is 9.95. The van der Waals surface area contributed by atoms with Gasteiger partial charge in [-0.1, -0.05) is 12.1 Å². The molecule has 0 bridgehead atoms. The summed E-state index contributed by atoms with van der Waals surface area (Å²) in [6.45, 7) is 0.109. The smallest absolute Gasteiger partial charge is 0.273 e. The number of amides is 1. The Morgan fingerprint density at radius 1 is 1.29 bits per heavy atom. The second-order valence-corrected chi connectivity index (χ2v) is 4.31. The van der Waals surface area contributed by atoms with Crippen molar-refractivity contribution in [3.63, 3.8) is 0 Å². The highest BCUT2D eigenvalue weighted by molar-refractivity contribution is 5.94. The molecule has 6 nitrogen and oxygen atoms in total. The van der Waals surface area contributed by atoms with E-state index in [2.05, 4.69) is 5.32 Å². The van der Waals surface area contributed by atoms with Gasteiger partial charge in [0.1, 0.15) is 11.6 Å². The van der Waals surface area contributed by atoms with Crippen LogP contribution >= 0.6 is 0 Å². The molecular weight excluding hydrogens is 279 g/mol. The van der Waals surface area contributed by atoms with E-state index in [0.29, 0.717) is 5.56 Å². The van der Waals surface area contributed by atoms with Gasteiger partial charge >= 0.3 is 0 Å². The van der Waals surface area contributed by atoms with Crippen LogP contribution in [-0.4, -0.2) is 15.9 Å². The number of benzene rings is 2. The first-order valence-corrected chi connectivity index (χ1v) is 5.97. The zero-order valence-corrected chi connectivity index (χ0v) is 10.7. The number of carbonyl (C=O) groups excluding carboxylic acids is 1. The van der Waals surface area contributed by atoms with Crippen molar-refractivity contribution in [1.82, 2.24) is 5.32 Å². The average molecular weight is 290 g/mol. The van der Waals surface area contributed by atoms with E-state index in [0.717, 1.165) is 18.2 Å². The van der Waals surface area contributed by atoms with E-state index >= 15 is 0 Å². The van der Waals surface area contributed by atoms with Crippen LogP contribution in [0.25, 0.3) is 0 Å². The summed E-state index contributed by atoms with van der Waals surface area (Å²) >= 11 is 0. The van der Waals surface area contributed by atoms with Gasteiger partial charge in [-0.2, -0.15) is 0 Å². The highest BCUT2D eigenvalue weighted by Gasteiger charge is 2.14. The van der Waals surface area contributed by atoms with Crippen LogP contribution < -0.4 is 5.32 Å². The van der Waals surface area contributed by atoms with Gasteiger partial charge in [-0.05, 0) is 23.8 Å². The van der Waals surface area contributed by atoms with Crippen LogP contribution in [-0.2, 0) is 6.54 Å². The standard InChI is InChI=1S/C14H11FN2O4/c15-11-5-10(6-12(7-11)17(20)21)14(19)16-8-9-2-1-3-13(18)4-9/h1-7,18H,8H2,(H,16,19). The van der Waals surface area contributed by atoms with E-state index in [1.807, 2.05) is 0 Å². The lowest BCUT2D eigenvalue weighted by Crippen LogP contribution is -2.23. The number of hydrogen-bond acceptors (Lipinski definition) is 4. The molecule has 21 heavy (non-hydrogen) atoms. The Labute approximate surface area is 119 Å². The van der Waals surface area contributed by atoms with Crippen molar-refractivity contribution in [2.75, 3.05) is 0 Å². The highest BCUT2D eigenvalue weighted by Crippen LogP contribution is 2.16. The number of nitrogens with one attached hydrogen (secondary N) is 1. The maximum atomic E-state index is 13.2. The lowest BCUT2D eigenvalue weighted by molar-refractivity contribution is -0.385. The van der Waals surface area contributed by atoms with E-state index < -0.39 is 22.3 Å². The third-order valence-electron chi connectivity index (χ3n) is 2.72. The van der Waals surface area contributed by atoms with Crippen LogP contribution in [0.5, 0.6) is 5.75 Å². The van der Waals surface area contributed by atoms with Crippen molar-refractivity contribution in [2.45, 2.75) is 6.54 Å². The van der Waals surface area contributed by atoms with Gasteiger partial charge in [0.05, 0.1) is 11.0 Å². The van der Waals surface area contributed by atoms with Gasteiger partial charge in [-0.3, -0.25) is 14.9 Å². The zero-order chi connectivity index (χ0) is 15.4. The van der Waals surface area contributed by atoms with Gasteiger partial charge in [0.15, 0.2) is 0 Å². The predicted molar refractivity (Wildman–Crippen MR) is 72.3 cm³/mol. The maximum Gasteiger partial charge on any atom is 0.273 e. The average Bonchev–Trinajstić information content (AvgIpc) is 2.44. The highest BCUT2D eigenvalue weighted by atomic mass is 19.1. The molecule has 2 aromatic rings. The Kier molecular flexibility index (Phi) is 4.13. The fourth-order valence-corrected chi connectivity index (χ4v) is 1.76. The first-order valence-electron chi connectivity index (χ1n) is 5.97. The molecule has 0 aliphatic carbocycles. The Bertz CT molecular complexity index is 703. The van der Waals surface area contributed by atoms with E-state index in [4.69, 9.17) is 0 Å². The Morgan fingerprint density at radius 2 is 2.05 bits per heavy atom. The van der Waals surface area contributed by atoms with E-state index in [9.17, 15) is 24.4 Å². The largest absolute Gasteiger partial charge is 0.508 e. The lowest BCUT2D eigenvalue weighted by atomic mass is 10.1. The molecule has 0 aliphatic heterocycles. The van der Waals surface area contributed by atoms with E-state index in [1.54, 1.807) is 12.1 Å². The number of aromatic hydroxyl groups is 1. The molecule has 2 aromatic carbocycles. The molecule has 7 heteroatoms. The predicted octanol–water partition coefficient (Wildman–Crippen LogP) is 2.37. The second-order valence-electron chi connectivity index (χ2n) is 4.31. The normalized spacial score (nSPS) is 10.1. The molecule has 1 amide bonds. The molecule has 0 fully saturated rings. The Hall–Kier alpha value is -2.96. The van der Waals surface area contributed by atoms with Crippen LogP contribution in [0.15, 0.2) is 42.5 Å². The number of nitro benzene ring substituents is 1. The molecule has 0 aliphatic rings.